The smallest absolute Gasteiger partial charge is 0.358 e. The second-order valence-corrected chi connectivity index (χ2v) is 5.90. The van der Waals surface area contributed by atoms with Gasteiger partial charge in [-0.25, -0.2) is 4.79 Å². The molecule has 0 spiro atoms. The highest BCUT2D eigenvalue weighted by Gasteiger charge is 2.18. The van der Waals surface area contributed by atoms with E-state index in [1.807, 2.05) is 0 Å². The molecule has 0 saturated carbocycles. The fourth-order valence-electron chi connectivity index (χ4n) is 2.20. The van der Waals surface area contributed by atoms with Crippen molar-refractivity contribution in [3.8, 4) is 23.8 Å². The summed E-state index contributed by atoms with van der Waals surface area (Å²) < 4.78 is 11.0. The Morgan fingerprint density at radius 1 is 1.22 bits per heavy atom. The lowest BCUT2D eigenvalue weighted by Gasteiger charge is -2.13. The number of halogens is 2. The minimum absolute atomic E-state index is 0.0316. The molecule has 0 aliphatic rings. The molecular weight excluding hydrogens is 393 g/mol. The van der Waals surface area contributed by atoms with Gasteiger partial charge in [0, 0.05) is 17.7 Å². The van der Waals surface area contributed by atoms with E-state index in [0.29, 0.717) is 16.9 Å². The highest BCUT2D eigenvalue weighted by atomic mass is 35.5. The number of hydrogen-bond acceptors (Lipinski definition) is 5. The number of aliphatic carboxylic acids is 1. The molecule has 27 heavy (non-hydrogen) atoms. The summed E-state index contributed by atoms with van der Waals surface area (Å²) in [4.78, 5) is 16.0. The van der Waals surface area contributed by atoms with Crippen LogP contribution in [-0.4, -0.2) is 30.5 Å². The first-order valence-corrected chi connectivity index (χ1v) is 8.34. The maximum atomic E-state index is 11.4. The van der Waals surface area contributed by atoms with Crippen LogP contribution in [0, 0.1) is 12.3 Å². The second kappa shape index (κ2) is 9.72. The molecule has 140 valence electrons. The van der Waals surface area contributed by atoms with Gasteiger partial charge in [-0.05, 0) is 5.56 Å². The molecule has 2 rings (SSSR count). The van der Waals surface area contributed by atoms with Gasteiger partial charge in [0.1, 0.15) is 26.1 Å². The topological polar surface area (TPSA) is 77.3 Å². The van der Waals surface area contributed by atoms with E-state index < -0.39 is 5.97 Å². The average molecular weight is 408 g/mol. The van der Waals surface area contributed by atoms with Crippen LogP contribution in [0.1, 0.15) is 11.1 Å². The van der Waals surface area contributed by atoms with Crippen LogP contribution in [0.5, 0.6) is 11.5 Å². The molecule has 0 heterocycles. The third-order valence-corrected chi connectivity index (χ3v) is 3.89. The van der Waals surface area contributed by atoms with Crippen LogP contribution in [-0.2, 0) is 16.2 Å². The zero-order valence-corrected chi connectivity index (χ0v) is 15.8. The number of ether oxygens (including phenoxy) is 2. The molecular formula is C19H15Cl2NO5. The average Bonchev–Trinajstić information content (AvgIpc) is 2.64. The molecule has 0 saturated heterocycles. The Bertz CT molecular complexity index is 882. The first-order chi connectivity index (χ1) is 13.0. The van der Waals surface area contributed by atoms with E-state index in [-0.39, 0.29) is 34.7 Å². The maximum Gasteiger partial charge on any atom is 0.358 e. The van der Waals surface area contributed by atoms with Gasteiger partial charge in [-0.1, -0.05) is 58.5 Å². The number of hydrogen-bond donors (Lipinski definition) is 1. The number of rotatable bonds is 8. The fourth-order valence-corrected chi connectivity index (χ4v) is 2.78. The normalized spacial score (nSPS) is 10.8. The highest BCUT2D eigenvalue weighted by molar-refractivity contribution is 6.42. The van der Waals surface area contributed by atoms with Crippen molar-refractivity contribution in [1.82, 2.24) is 0 Å². The number of oxime groups is 1. The van der Waals surface area contributed by atoms with Crippen molar-refractivity contribution in [1.29, 1.82) is 0 Å². The molecule has 8 heteroatoms. The molecule has 1 N–H and O–H groups in total. The Morgan fingerprint density at radius 2 is 1.89 bits per heavy atom. The predicted molar refractivity (Wildman–Crippen MR) is 103 cm³/mol. The van der Waals surface area contributed by atoms with E-state index in [9.17, 15) is 9.90 Å². The Kier molecular flexibility index (Phi) is 7.35. The number of nitrogens with zero attached hydrogens (tertiary/aromatic N) is 1. The summed E-state index contributed by atoms with van der Waals surface area (Å²) in [6, 6.07) is 9.84. The van der Waals surface area contributed by atoms with E-state index in [2.05, 4.69) is 15.9 Å². The Labute approximate surface area is 166 Å². The molecule has 0 bridgehead atoms. The van der Waals surface area contributed by atoms with Gasteiger partial charge in [-0.2, -0.15) is 0 Å². The monoisotopic (exact) mass is 407 g/mol. The fraction of sp³-hybridized carbons (Fsp3) is 0.158. The van der Waals surface area contributed by atoms with Crippen molar-refractivity contribution >= 4 is 34.9 Å². The first kappa shape index (κ1) is 20.4. The third-order valence-electron chi connectivity index (χ3n) is 3.32. The van der Waals surface area contributed by atoms with Crippen LogP contribution in [0.15, 0.2) is 41.6 Å². The van der Waals surface area contributed by atoms with E-state index in [0.717, 1.165) is 0 Å². The quantitative estimate of drug-likeness (QED) is 0.406. The van der Waals surface area contributed by atoms with Gasteiger partial charge < -0.3 is 19.4 Å². The summed E-state index contributed by atoms with van der Waals surface area (Å²) in [5.74, 6) is 1.76. The number of terminal acetylenes is 1. The van der Waals surface area contributed by atoms with Crippen LogP contribution in [0.25, 0.3) is 0 Å². The number of carbonyl (C=O) groups is 1. The summed E-state index contributed by atoms with van der Waals surface area (Å²) in [5.41, 5.74) is 0.736. The molecule has 2 aromatic rings. The Morgan fingerprint density at radius 3 is 2.48 bits per heavy atom. The van der Waals surface area contributed by atoms with Gasteiger partial charge in [-0.15, -0.1) is 6.42 Å². The third kappa shape index (κ3) is 5.30. The van der Waals surface area contributed by atoms with E-state index >= 15 is 0 Å². The number of benzene rings is 2. The van der Waals surface area contributed by atoms with Gasteiger partial charge in [0.2, 0.25) is 0 Å². The minimum Gasteiger partial charge on any atom is -0.489 e. The van der Waals surface area contributed by atoms with Gasteiger partial charge >= 0.3 is 5.97 Å². The molecule has 0 aliphatic heterocycles. The lowest BCUT2D eigenvalue weighted by molar-refractivity contribution is -0.129. The lowest BCUT2D eigenvalue weighted by Crippen LogP contribution is -2.17. The van der Waals surface area contributed by atoms with E-state index in [1.54, 1.807) is 24.3 Å². The molecule has 0 fully saturated rings. The molecule has 2 aromatic carbocycles. The predicted octanol–water partition coefficient (Wildman–Crippen LogP) is 4.02. The van der Waals surface area contributed by atoms with E-state index in [1.165, 1.54) is 19.2 Å². The van der Waals surface area contributed by atoms with Crippen molar-refractivity contribution in [3.05, 3.63) is 57.6 Å². The van der Waals surface area contributed by atoms with Crippen molar-refractivity contribution in [3.63, 3.8) is 0 Å². The van der Waals surface area contributed by atoms with Crippen LogP contribution < -0.4 is 9.47 Å². The molecule has 0 atom stereocenters. The maximum absolute atomic E-state index is 11.4. The summed E-state index contributed by atoms with van der Waals surface area (Å²) in [6.45, 7) is 0.0905. The zero-order valence-electron chi connectivity index (χ0n) is 14.2. The van der Waals surface area contributed by atoms with Crippen LogP contribution in [0.2, 0.25) is 10.0 Å². The largest absolute Gasteiger partial charge is 0.489 e. The molecule has 0 aliphatic carbocycles. The highest BCUT2D eigenvalue weighted by Crippen LogP contribution is 2.37. The lowest BCUT2D eigenvalue weighted by atomic mass is 10.0. The van der Waals surface area contributed by atoms with E-state index in [4.69, 9.17) is 39.1 Å². The van der Waals surface area contributed by atoms with Gasteiger partial charge in [-0.3, -0.25) is 0 Å². The molecule has 0 unspecified atom stereocenters. The molecule has 0 aromatic heterocycles. The Balaban J connectivity index is 2.24. The number of carboxylic acid groups (broad SMARTS) is 1. The van der Waals surface area contributed by atoms with Crippen molar-refractivity contribution in [2.24, 2.45) is 5.16 Å². The standard InChI is InChI=1S/C19H15Cl2NO5/c1-3-8-26-18-15(20)9-13(10-16(18)21)27-11-12-6-4-5-7-14(12)17(19(23)24)22-25-2/h1,4-7,9-10H,8,11H2,2H3,(H,23,24)/b22-17+. The summed E-state index contributed by atoms with van der Waals surface area (Å²) in [5, 5.41) is 13.4. The van der Waals surface area contributed by atoms with Crippen LogP contribution >= 0.6 is 23.2 Å². The molecule has 0 amide bonds. The first-order valence-electron chi connectivity index (χ1n) is 7.58. The summed E-state index contributed by atoms with van der Waals surface area (Å²) in [7, 11) is 1.27. The van der Waals surface area contributed by atoms with Crippen LogP contribution in [0.3, 0.4) is 0 Å². The number of carboxylic acids is 1. The van der Waals surface area contributed by atoms with Crippen molar-refractivity contribution in [2.75, 3.05) is 13.7 Å². The van der Waals surface area contributed by atoms with Crippen LogP contribution in [0.4, 0.5) is 0 Å². The van der Waals surface area contributed by atoms with Gasteiger partial charge in [0.05, 0.1) is 10.0 Å². The SMILES string of the molecule is C#CCOc1c(Cl)cc(OCc2ccccc2/C(=N\OC)C(=O)O)cc1Cl. The van der Waals surface area contributed by atoms with Crippen molar-refractivity contribution in [2.45, 2.75) is 6.61 Å². The molecule has 0 radical (unpaired) electrons. The Hall–Kier alpha value is -2.88. The zero-order chi connectivity index (χ0) is 19.8. The summed E-state index contributed by atoms with van der Waals surface area (Å²) in [6.07, 6.45) is 5.15. The van der Waals surface area contributed by atoms with Crippen molar-refractivity contribution < 1.29 is 24.2 Å². The van der Waals surface area contributed by atoms with Gasteiger partial charge in [0.15, 0.2) is 11.5 Å². The summed E-state index contributed by atoms with van der Waals surface area (Å²) >= 11 is 12.3. The second-order valence-electron chi connectivity index (χ2n) is 5.08. The van der Waals surface area contributed by atoms with Gasteiger partial charge in [0.25, 0.3) is 0 Å². The molecule has 6 nitrogen and oxygen atoms in total. The minimum atomic E-state index is -1.22.